The number of hydrazone groups is 1. The van der Waals surface area contributed by atoms with Crippen LogP contribution in [0.4, 0.5) is 0 Å². The van der Waals surface area contributed by atoms with E-state index in [-0.39, 0.29) is 30.5 Å². The first-order valence-corrected chi connectivity index (χ1v) is 9.81. The predicted octanol–water partition coefficient (Wildman–Crippen LogP) is 3.13. The first kappa shape index (κ1) is 20.2. The Morgan fingerprint density at radius 3 is 2.89 bits per heavy atom. The second-order valence-corrected chi connectivity index (χ2v) is 7.33. The standard InChI is InChI=1S/C21H27N3O4/c1-24(21(27)17-9-6-7-13-22-17)23-14-16-15(18-11-12-19(16)28-18)8-4-2-3-5-10-20(25)26/h2,4,6-7,9,13-16,18-19H,3,5,8,10-12H2,1H3,(H,25,26)/b4-2-,23-14?/t15-,16+,18-,19+/m1/s1. The van der Waals surface area contributed by atoms with Crippen LogP contribution >= 0.6 is 0 Å². The van der Waals surface area contributed by atoms with Crippen molar-refractivity contribution in [2.45, 2.75) is 50.7 Å². The molecule has 2 fully saturated rings. The van der Waals surface area contributed by atoms with Crippen LogP contribution in [-0.4, -0.2) is 52.4 Å². The van der Waals surface area contributed by atoms with Crippen LogP contribution in [-0.2, 0) is 9.53 Å². The van der Waals surface area contributed by atoms with Crippen LogP contribution in [0, 0.1) is 11.8 Å². The molecule has 2 aliphatic heterocycles. The molecule has 7 heteroatoms. The molecular weight excluding hydrogens is 358 g/mol. The van der Waals surface area contributed by atoms with Crippen LogP contribution in [0.5, 0.6) is 0 Å². The number of unbranched alkanes of at least 4 members (excludes halogenated alkanes) is 1. The fraction of sp³-hybridized carbons (Fsp3) is 0.524. The molecule has 3 heterocycles. The average molecular weight is 385 g/mol. The second kappa shape index (κ2) is 9.59. The molecule has 3 rings (SSSR count). The van der Waals surface area contributed by atoms with Gasteiger partial charge in [0.25, 0.3) is 5.91 Å². The number of pyridine rings is 1. The third kappa shape index (κ3) is 5.04. The molecule has 1 aromatic rings. The number of carbonyl (C=O) groups is 2. The van der Waals surface area contributed by atoms with Gasteiger partial charge in [0.2, 0.25) is 0 Å². The number of hydrogen-bond donors (Lipinski definition) is 1. The van der Waals surface area contributed by atoms with Crippen molar-refractivity contribution in [3.8, 4) is 0 Å². The molecule has 0 saturated carbocycles. The Balaban J connectivity index is 1.55. The van der Waals surface area contributed by atoms with Crippen molar-refractivity contribution in [2.75, 3.05) is 7.05 Å². The van der Waals surface area contributed by atoms with Crippen LogP contribution in [0.3, 0.4) is 0 Å². The van der Waals surface area contributed by atoms with Gasteiger partial charge in [0.15, 0.2) is 0 Å². The predicted molar refractivity (Wildman–Crippen MR) is 105 cm³/mol. The Hall–Kier alpha value is -2.54. The molecule has 4 atom stereocenters. The number of carboxylic acid groups (broad SMARTS) is 1. The SMILES string of the molecule is CN(N=C[C@H]1[C@@H](C/C=C\CCCC(=O)O)[C@H]2CC[C@@H]1O2)C(=O)c1ccccn1. The van der Waals surface area contributed by atoms with Gasteiger partial charge in [-0.05, 0) is 50.2 Å². The number of hydrogen-bond acceptors (Lipinski definition) is 5. The highest BCUT2D eigenvalue weighted by atomic mass is 16.5. The number of rotatable bonds is 9. The molecule has 7 nitrogen and oxygen atoms in total. The van der Waals surface area contributed by atoms with Crippen molar-refractivity contribution in [3.63, 3.8) is 0 Å². The fourth-order valence-corrected chi connectivity index (χ4v) is 3.95. The van der Waals surface area contributed by atoms with E-state index in [4.69, 9.17) is 9.84 Å². The highest BCUT2D eigenvalue weighted by Gasteiger charge is 2.47. The van der Waals surface area contributed by atoms with Crippen LogP contribution in [0.2, 0.25) is 0 Å². The zero-order valence-electron chi connectivity index (χ0n) is 16.1. The summed E-state index contributed by atoms with van der Waals surface area (Å²) in [6.07, 6.45) is 12.6. The molecule has 28 heavy (non-hydrogen) atoms. The van der Waals surface area contributed by atoms with Gasteiger partial charge in [-0.3, -0.25) is 14.6 Å². The van der Waals surface area contributed by atoms with E-state index in [2.05, 4.69) is 22.2 Å². The van der Waals surface area contributed by atoms with E-state index in [1.54, 1.807) is 31.4 Å². The summed E-state index contributed by atoms with van der Waals surface area (Å²) in [4.78, 5) is 27.0. The molecule has 2 bridgehead atoms. The minimum absolute atomic E-state index is 0.164. The Bertz CT molecular complexity index is 734. The Morgan fingerprint density at radius 2 is 2.14 bits per heavy atom. The summed E-state index contributed by atoms with van der Waals surface area (Å²) in [7, 11) is 1.64. The zero-order valence-corrected chi connectivity index (χ0v) is 16.1. The monoisotopic (exact) mass is 385 g/mol. The van der Waals surface area contributed by atoms with Gasteiger partial charge in [-0.2, -0.15) is 5.10 Å². The number of fused-ring (bicyclic) bond motifs is 2. The van der Waals surface area contributed by atoms with Gasteiger partial charge >= 0.3 is 5.97 Å². The van der Waals surface area contributed by atoms with E-state index in [9.17, 15) is 9.59 Å². The molecule has 0 spiro atoms. The first-order valence-electron chi connectivity index (χ1n) is 9.81. The van der Waals surface area contributed by atoms with Crippen molar-refractivity contribution in [3.05, 3.63) is 42.2 Å². The van der Waals surface area contributed by atoms with Crippen molar-refractivity contribution in [2.24, 2.45) is 16.9 Å². The van der Waals surface area contributed by atoms with Gasteiger partial charge in [-0.25, -0.2) is 5.01 Å². The normalized spacial score (nSPS) is 26.3. The summed E-state index contributed by atoms with van der Waals surface area (Å²) in [6.45, 7) is 0. The van der Waals surface area contributed by atoms with Crippen LogP contribution in [0.15, 0.2) is 41.6 Å². The average Bonchev–Trinajstić information content (AvgIpc) is 3.30. The van der Waals surface area contributed by atoms with Gasteiger partial charge < -0.3 is 9.84 Å². The van der Waals surface area contributed by atoms with Crippen molar-refractivity contribution in [1.29, 1.82) is 0 Å². The molecule has 1 N–H and O–H groups in total. The van der Waals surface area contributed by atoms with Crippen molar-refractivity contribution < 1.29 is 19.4 Å². The molecule has 150 valence electrons. The van der Waals surface area contributed by atoms with E-state index in [1.165, 1.54) is 5.01 Å². The number of carbonyl (C=O) groups excluding carboxylic acids is 1. The van der Waals surface area contributed by atoms with Gasteiger partial charge in [0.1, 0.15) is 5.69 Å². The van der Waals surface area contributed by atoms with Crippen molar-refractivity contribution in [1.82, 2.24) is 9.99 Å². The Kier molecular flexibility index (Phi) is 6.92. The largest absolute Gasteiger partial charge is 0.481 e. The Labute approximate surface area is 165 Å². The van der Waals surface area contributed by atoms with Crippen molar-refractivity contribution >= 4 is 18.1 Å². The number of allylic oxidation sites excluding steroid dienone is 2. The Morgan fingerprint density at radius 1 is 1.32 bits per heavy atom. The topological polar surface area (TPSA) is 92.1 Å². The molecular formula is C21H27N3O4. The number of amides is 1. The maximum absolute atomic E-state index is 12.4. The first-order chi connectivity index (χ1) is 13.6. The van der Waals surface area contributed by atoms with Crippen LogP contribution in [0.1, 0.15) is 49.0 Å². The highest BCUT2D eigenvalue weighted by Crippen LogP contribution is 2.44. The van der Waals surface area contributed by atoms with E-state index in [0.29, 0.717) is 18.0 Å². The number of aliphatic carboxylic acids is 1. The molecule has 2 aliphatic rings. The number of aromatic nitrogens is 1. The summed E-state index contributed by atoms with van der Waals surface area (Å²) in [5.74, 6) is -0.468. The van der Waals surface area contributed by atoms with Gasteiger partial charge in [-0.15, -0.1) is 0 Å². The van der Waals surface area contributed by atoms with E-state index < -0.39 is 5.97 Å². The summed E-state index contributed by atoms with van der Waals surface area (Å²) < 4.78 is 6.07. The summed E-state index contributed by atoms with van der Waals surface area (Å²) in [5, 5.41) is 14.4. The molecule has 0 unspecified atom stereocenters. The summed E-state index contributed by atoms with van der Waals surface area (Å²) in [6, 6.07) is 5.22. The maximum Gasteiger partial charge on any atom is 0.303 e. The third-order valence-electron chi connectivity index (χ3n) is 5.41. The van der Waals surface area contributed by atoms with Crippen LogP contribution < -0.4 is 0 Å². The fourth-order valence-electron chi connectivity index (χ4n) is 3.95. The third-order valence-corrected chi connectivity index (χ3v) is 5.41. The quantitative estimate of drug-likeness (QED) is 0.305. The molecule has 0 radical (unpaired) electrons. The van der Waals surface area contributed by atoms with E-state index >= 15 is 0 Å². The lowest BCUT2D eigenvalue weighted by Crippen LogP contribution is -2.30. The minimum atomic E-state index is -0.754. The lowest BCUT2D eigenvalue weighted by molar-refractivity contribution is -0.137. The van der Waals surface area contributed by atoms with Gasteiger partial charge in [0, 0.05) is 31.8 Å². The second-order valence-electron chi connectivity index (χ2n) is 7.33. The maximum atomic E-state index is 12.4. The molecule has 2 saturated heterocycles. The number of nitrogens with zero attached hydrogens (tertiary/aromatic N) is 3. The van der Waals surface area contributed by atoms with E-state index in [0.717, 1.165) is 25.7 Å². The highest BCUT2D eigenvalue weighted by molar-refractivity contribution is 5.92. The number of ether oxygens (including phenoxy) is 1. The molecule has 0 aromatic carbocycles. The molecule has 1 aromatic heterocycles. The molecule has 1 amide bonds. The van der Waals surface area contributed by atoms with Gasteiger partial charge in [-0.1, -0.05) is 18.2 Å². The van der Waals surface area contributed by atoms with Crippen LogP contribution in [0.25, 0.3) is 0 Å². The number of carboxylic acids is 1. The summed E-state index contributed by atoms with van der Waals surface area (Å²) in [5.41, 5.74) is 0.368. The lowest BCUT2D eigenvalue weighted by Gasteiger charge is -2.24. The van der Waals surface area contributed by atoms with E-state index in [1.807, 2.05) is 6.21 Å². The summed E-state index contributed by atoms with van der Waals surface area (Å²) >= 11 is 0. The minimum Gasteiger partial charge on any atom is -0.481 e. The smallest absolute Gasteiger partial charge is 0.303 e. The zero-order chi connectivity index (χ0) is 19.9. The lowest BCUT2D eigenvalue weighted by atomic mass is 9.78. The van der Waals surface area contributed by atoms with Gasteiger partial charge in [0.05, 0.1) is 12.2 Å². The molecule has 0 aliphatic carbocycles.